The fourth-order valence-electron chi connectivity index (χ4n) is 2.86. The molecule has 0 atom stereocenters. The Labute approximate surface area is 135 Å². The van der Waals surface area contributed by atoms with Gasteiger partial charge in [-0.2, -0.15) is 0 Å². The van der Waals surface area contributed by atoms with E-state index >= 15 is 0 Å². The summed E-state index contributed by atoms with van der Waals surface area (Å²) in [5.41, 5.74) is 3.33. The van der Waals surface area contributed by atoms with E-state index in [4.69, 9.17) is 0 Å². The second-order valence-corrected chi connectivity index (χ2v) is 5.39. The largest absolute Gasteiger partial charge is 0.308 e. The minimum absolute atomic E-state index is 1.08. The van der Waals surface area contributed by atoms with Crippen molar-refractivity contribution in [1.29, 1.82) is 0 Å². The molecule has 23 heavy (non-hydrogen) atoms. The van der Waals surface area contributed by atoms with E-state index in [1.165, 1.54) is 5.39 Å². The smallest absolute Gasteiger partial charge is 0.0723 e. The number of hydrogen-bond donors (Lipinski definition) is 0. The van der Waals surface area contributed by atoms with E-state index in [1.54, 1.807) is 0 Å². The molecule has 2 heteroatoms. The van der Waals surface area contributed by atoms with E-state index in [-0.39, 0.29) is 0 Å². The topological polar surface area (TPSA) is 16.1 Å². The molecule has 0 aliphatic heterocycles. The molecule has 0 saturated carbocycles. The number of benzene rings is 3. The lowest BCUT2D eigenvalue weighted by Gasteiger charge is -2.26. The predicted octanol–water partition coefficient (Wildman–Crippen LogP) is 5.70. The van der Waals surface area contributed by atoms with Gasteiger partial charge in [-0.15, -0.1) is 0 Å². The number of aromatic nitrogens is 1. The van der Waals surface area contributed by atoms with Gasteiger partial charge in [0, 0.05) is 28.3 Å². The molecule has 110 valence electrons. The molecule has 4 rings (SSSR count). The van der Waals surface area contributed by atoms with Crippen LogP contribution in [0.1, 0.15) is 0 Å². The highest BCUT2D eigenvalue weighted by Gasteiger charge is 2.14. The highest BCUT2D eigenvalue weighted by atomic mass is 15.1. The summed E-state index contributed by atoms with van der Waals surface area (Å²) < 4.78 is 0. The number of rotatable bonds is 3. The Kier molecular flexibility index (Phi) is 3.49. The molecule has 0 saturated heterocycles. The van der Waals surface area contributed by atoms with Gasteiger partial charge >= 0.3 is 0 Å². The Morgan fingerprint density at radius 2 is 1.13 bits per heavy atom. The van der Waals surface area contributed by atoms with Gasteiger partial charge in [0.25, 0.3) is 0 Å². The van der Waals surface area contributed by atoms with Crippen LogP contribution in [0.3, 0.4) is 0 Å². The van der Waals surface area contributed by atoms with Crippen molar-refractivity contribution >= 4 is 27.8 Å². The molecule has 0 bridgehead atoms. The van der Waals surface area contributed by atoms with Gasteiger partial charge in [0.2, 0.25) is 0 Å². The molecule has 0 N–H and O–H groups in total. The third kappa shape index (κ3) is 2.55. The van der Waals surface area contributed by atoms with Crippen LogP contribution in [-0.4, -0.2) is 4.98 Å². The Balaban J connectivity index is 1.98. The molecular formula is C21H16N2. The molecule has 0 fully saturated rings. The lowest BCUT2D eigenvalue weighted by molar-refractivity contribution is 1.25. The van der Waals surface area contributed by atoms with Crippen LogP contribution in [0.15, 0.2) is 97.3 Å². The third-order valence-corrected chi connectivity index (χ3v) is 3.92. The Hall–Kier alpha value is -3.13. The van der Waals surface area contributed by atoms with Crippen LogP contribution in [0.25, 0.3) is 10.8 Å². The normalized spacial score (nSPS) is 10.6. The Morgan fingerprint density at radius 3 is 1.78 bits per heavy atom. The molecule has 0 spiro atoms. The van der Waals surface area contributed by atoms with E-state index in [0.29, 0.717) is 0 Å². The molecule has 1 heterocycles. The zero-order chi connectivity index (χ0) is 15.5. The zero-order valence-electron chi connectivity index (χ0n) is 12.6. The van der Waals surface area contributed by atoms with Crippen molar-refractivity contribution in [2.75, 3.05) is 4.90 Å². The van der Waals surface area contributed by atoms with Crippen molar-refractivity contribution in [3.8, 4) is 0 Å². The predicted molar refractivity (Wildman–Crippen MR) is 96.4 cm³/mol. The number of nitrogens with zero attached hydrogens (tertiary/aromatic N) is 2. The van der Waals surface area contributed by atoms with Crippen molar-refractivity contribution in [1.82, 2.24) is 4.98 Å². The molecular weight excluding hydrogens is 280 g/mol. The van der Waals surface area contributed by atoms with Gasteiger partial charge in [0.15, 0.2) is 0 Å². The summed E-state index contributed by atoms with van der Waals surface area (Å²) >= 11 is 0. The average Bonchev–Trinajstić information content (AvgIpc) is 2.64. The van der Waals surface area contributed by atoms with Crippen molar-refractivity contribution in [2.24, 2.45) is 0 Å². The minimum atomic E-state index is 1.08. The van der Waals surface area contributed by atoms with Gasteiger partial charge in [-0.3, -0.25) is 4.98 Å². The molecule has 0 unspecified atom stereocenters. The molecule has 0 radical (unpaired) electrons. The molecule has 0 amide bonds. The van der Waals surface area contributed by atoms with Crippen molar-refractivity contribution in [3.05, 3.63) is 97.3 Å². The second kappa shape index (κ2) is 5.93. The summed E-state index contributed by atoms with van der Waals surface area (Å²) in [5.74, 6) is 0. The summed E-state index contributed by atoms with van der Waals surface area (Å²) in [5, 5.41) is 2.33. The average molecular weight is 296 g/mol. The first-order valence-corrected chi connectivity index (χ1v) is 7.66. The van der Waals surface area contributed by atoms with Gasteiger partial charge in [-0.1, -0.05) is 60.7 Å². The van der Waals surface area contributed by atoms with Crippen LogP contribution in [0, 0.1) is 0 Å². The lowest BCUT2D eigenvalue weighted by atomic mass is 10.1. The maximum absolute atomic E-state index is 4.44. The van der Waals surface area contributed by atoms with E-state index in [1.807, 2.05) is 30.6 Å². The number of pyridine rings is 1. The number of anilines is 3. The molecule has 2 nitrogen and oxygen atoms in total. The SMILES string of the molecule is c1ccc(N(c2ccccc2)c2cncc3ccccc23)cc1. The van der Waals surface area contributed by atoms with E-state index < -0.39 is 0 Å². The molecule has 1 aromatic heterocycles. The molecule has 0 aliphatic rings. The van der Waals surface area contributed by atoms with Crippen molar-refractivity contribution in [3.63, 3.8) is 0 Å². The molecule has 4 aromatic rings. The van der Waals surface area contributed by atoms with Crippen LogP contribution in [0.2, 0.25) is 0 Å². The van der Waals surface area contributed by atoms with Gasteiger partial charge in [-0.05, 0) is 24.3 Å². The third-order valence-electron chi connectivity index (χ3n) is 3.92. The molecule has 3 aromatic carbocycles. The summed E-state index contributed by atoms with van der Waals surface area (Å²) in [6.45, 7) is 0. The quantitative estimate of drug-likeness (QED) is 0.482. The van der Waals surface area contributed by atoms with Gasteiger partial charge in [-0.25, -0.2) is 0 Å². The van der Waals surface area contributed by atoms with E-state index in [0.717, 1.165) is 22.4 Å². The monoisotopic (exact) mass is 296 g/mol. The number of para-hydroxylation sites is 2. The standard InChI is InChI=1S/C21H16N2/c1-3-10-18(11-4-1)23(19-12-5-2-6-13-19)21-16-22-15-17-9-7-8-14-20(17)21/h1-16H. The van der Waals surface area contributed by atoms with Crippen molar-refractivity contribution < 1.29 is 0 Å². The first-order valence-electron chi connectivity index (χ1n) is 7.66. The zero-order valence-corrected chi connectivity index (χ0v) is 12.6. The highest BCUT2D eigenvalue weighted by molar-refractivity contribution is 5.97. The Bertz CT molecular complexity index is 873. The van der Waals surface area contributed by atoms with Crippen LogP contribution in [-0.2, 0) is 0 Å². The van der Waals surface area contributed by atoms with Gasteiger partial charge in [0.1, 0.15) is 0 Å². The maximum Gasteiger partial charge on any atom is 0.0723 e. The van der Waals surface area contributed by atoms with Crippen molar-refractivity contribution in [2.45, 2.75) is 0 Å². The fourth-order valence-corrected chi connectivity index (χ4v) is 2.86. The van der Waals surface area contributed by atoms with Crippen LogP contribution >= 0.6 is 0 Å². The van der Waals surface area contributed by atoms with E-state index in [9.17, 15) is 0 Å². The van der Waals surface area contributed by atoms with Gasteiger partial charge < -0.3 is 4.90 Å². The summed E-state index contributed by atoms with van der Waals surface area (Å²) in [6, 6.07) is 29.1. The lowest BCUT2D eigenvalue weighted by Crippen LogP contribution is -2.10. The van der Waals surface area contributed by atoms with Gasteiger partial charge in [0.05, 0.1) is 11.9 Å². The Morgan fingerprint density at radius 1 is 0.565 bits per heavy atom. The van der Waals surface area contributed by atoms with Crippen LogP contribution < -0.4 is 4.90 Å². The minimum Gasteiger partial charge on any atom is -0.308 e. The fraction of sp³-hybridized carbons (Fsp3) is 0. The highest BCUT2D eigenvalue weighted by Crippen LogP contribution is 2.37. The second-order valence-electron chi connectivity index (χ2n) is 5.39. The van der Waals surface area contributed by atoms with Crippen LogP contribution in [0.4, 0.5) is 17.1 Å². The number of hydrogen-bond acceptors (Lipinski definition) is 2. The number of fused-ring (bicyclic) bond motifs is 1. The molecule has 0 aliphatic carbocycles. The first kappa shape index (κ1) is 13.5. The maximum atomic E-state index is 4.44. The first-order chi connectivity index (χ1) is 11.4. The summed E-state index contributed by atoms with van der Waals surface area (Å²) in [4.78, 5) is 6.69. The summed E-state index contributed by atoms with van der Waals surface area (Å²) in [7, 11) is 0. The van der Waals surface area contributed by atoms with E-state index in [2.05, 4.69) is 76.6 Å². The summed E-state index contributed by atoms with van der Waals surface area (Å²) in [6.07, 6.45) is 3.84. The van der Waals surface area contributed by atoms with Crippen LogP contribution in [0.5, 0.6) is 0 Å².